The molecule has 0 radical (unpaired) electrons. The van der Waals surface area contributed by atoms with Crippen molar-refractivity contribution in [2.24, 2.45) is 0 Å². The molecule has 0 aromatic heterocycles. The molecule has 1 saturated heterocycles. The van der Waals surface area contributed by atoms with E-state index in [-0.39, 0.29) is 5.91 Å². The first-order valence-corrected chi connectivity index (χ1v) is 6.94. The molecular weight excluding hydrogens is 262 g/mol. The number of halogens is 1. The molecular formula is C14H20ClN3O. The summed E-state index contributed by atoms with van der Waals surface area (Å²) in [6.45, 7) is 4.96. The fourth-order valence-corrected chi connectivity index (χ4v) is 2.26. The minimum Gasteiger partial charge on any atom is -0.340 e. The number of hydrogen-bond acceptors (Lipinski definition) is 3. The topological polar surface area (TPSA) is 35.6 Å². The van der Waals surface area contributed by atoms with Gasteiger partial charge in [-0.05, 0) is 17.7 Å². The van der Waals surface area contributed by atoms with Gasteiger partial charge in [0.15, 0.2) is 0 Å². The highest BCUT2D eigenvalue weighted by atomic mass is 35.5. The lowest BCUT2D eigenvalue weighted by atomic mass is 10.2. The van der Waals surface area contributed by atoms with E-state index in [4.69, 9.17) is 11.6 Å². The minimum absolute atomic E-state index is 0.164. The summed E-state index contributed by atoms with van der Waals surface area (Å²) in [6.07, 6.45) is 0. The van der Waals surface area contributed by atoms with E-state index in [0.717, 1.165) is 36.8 Å². The van der Waals surface area contributed by atoms with Gasteiger partial charge >= 0.3 is 0 Å². The fourth-order valence-electron chi connectivity index (χ4n) is 2.13. The van der Waals surface area contributed by atoms with Gasteiger partial charge in [-0.15, -0.1) is 0 Å². The second kappa shape index (κ2) is 6.89. The number of nitrogens with one attached hydrogen (secondary N) is 1. The van der Waals surface area contributed by atoms with Crippen LogP contribution in [0.25, 0.3) is 0 Å². The molecule has 19 heavy (non-hydrogen) atoms. The van der Waals surface area contributed by atoms with Crippen molar-refractivity contribution in [1.82, 2.24) is 15.1 Å². The van der Waals surface area contributed by atoms with E-state index < -0.39 is 0 Å². The number of likely N-dealkylation sites (N-methyl/N-ethyl adjacent to an activating group) is 1. The molecule has 1 aromatic rings. The molecule has 4 nitrogen and oxygen atoms in total. The van der Waals surface area contributed by atoms with Gasteiger partial charge in [-0.1, -0.05) is 23.7 Å². The van der Waals surface area contributed by atoms with Crippen molar-refractivity contribution in [3.05, 3.63) is 34.9 Å². The normalized spacial score (nSPS) is 16.3. The van der Waals surface area contributed by atoms with E-state index in [1.165, 1.54) is 0 Å². The average molecular weight is 282 g/mol. The molecule has 1 aromatic carbocycles. The molecule has 1 aliphatic rings. The van der Waals surface area contributed by atoms with Gasteiger partial charge in [0.2, 0.25) is 5.91 Å². The van der Waals surface area contributed by atoms with Gasteiger partial charge in [0.05, 0.1) is 6.54 Å². The molecule has 0 aliphatic carbocycles. The van der Waals surface area contributed by atoms with Gasteiger partial charge in [-0.25, -0.2) is 0 Å². The van der Waals surface area contributed by atoms with Crippen LogP contribution in [0, 0.1) is 0 Å². The van der Waals surface area contributed by atoms with Crippen molar-refractivity contribution in [1.29, 1.82) is 0 Å². The lowest BCUT2D eigenvalue weighted by molar-refractivity contribution is -0.131. The molecule has 1 amide bonds. The summed E-state index contributed by atoms with van der Waals surface area (Å²) < 4.78 is 0. The van der Waals surface area contributed by atoms with Crippen molar-refractivity contribution in [2.45, 2.75) is 6.54 Å². The highest BCUT2D eigenvalue weighted by Crippen LogP contribution is 2.11. The zero-order chi connectivity index (χ0) is 13.7. The Labute approximate surface area is 119 Å². The third-order valence-corrected chi connectivity index (χ3v) is 3.58. The predicted molar refractivity (Wildman–Crippen MR) is 77.2 cm³/mol. The number of piperazine rings is 1. The molecule has 5 heteroatoms. The summed E-state index contributed by atoms with van der Waals surface area (Å²) in [6, 6.07) is 7.62. The Kier molecular flexibility index (Phi) is 5.19. The van der Waals surface area contributed by atoms with E-state index in [9.17, 15) is 4.79 Å². The second-order valence-electron chi connectivity index (χ2n) is 4.90. The van der Waals surface area contributed by atoms with E-state index in [1.54, 1.807) is 4.90 Å². The number of nitrogens with zero attached hydrogens (tertiary/aromatic N) is 2. The van der Waals surface area contributed by atoms with Crippen LogP contribution in [-0.4, -0.2) is 55.5 Å². The van der Waals surface area contributed by atoms with E-state index >= 15 is 0 Å². The third kappa shape index (κ3) is 4.49. The Morgan fingerprint density at radius 2 is 1.95 bits per heavy atom. The Morgan fingerprint density at radius 1 is 1.32 bits per heavy atom. The lowest BCUT2D eigenvalue weighted by Gasteiger charge is -2.28. The SMILES string of the molecule is CN(Cc1ccc(Cl)cc1)C(=O)CN1CCNCC1. The van der Waals surface area contributed by atoms with Gasteiger partial charge in [0.25, 0.3) is 0 Å². The maximum atomic E-state index is 12.1. The summed E-state index contributed by atoms with van der Waals surface area (Å²) in [7, 11) is 1.85. The number of carbonyl (C=O) groups excluding carboxylic acids is 1. The number of rotatable bonds is 4. The quantitative estimate of drug-likeness (QED) is 0.901. The average Bonchev–Trinajstić information content (AvgIpc) is 2.42. The Balaban J connectivity index is 1.83. The number of hydrogen-bond donors (Lipinski definition) is 1. The largest absolute Gasteiger partial charge is 0.340 e. The molecule has 0 spiro atoms. The highest BCUT2D eigenvalue weighted by molar-refractivity contribution is 6.30. The maximum absolute atomic E-state index is 12.1. The zero-order valence-corrected chi connectivity index (χ0v) is 12.0. The van der Waals surface area contributed by atoms with E-state index in [2.05, 4.69) is 10.2 Å². The van der Waals surface area contributed by atoms with E-state index in [1.807, 2.05) is 31.3 Å². The molecule has 0 unspecified atom stereocenters. The molecule has 1 N–H and O–H groups in total. The summed E-state index contributed by atoms with van der Waals surface area (Å²) in [4.78, 5) is 16.1. The molecule has 1 heterocycles. The van der Waals surface area contributed by atoms with Crippen molar-refractivity contribution in [3.8, 4) is 0 Å². The second-order valence-corrected chi connectivity index (χ2v) is 5.34. The molecule has 0 saturated carbocycles. The van der Waals surface area contributed by atoms with Crippen LogP contribution in [0.1, 0.15) is 5.56 Å². The van der Waals surface area contributed by atoms with Crippen molar-refractivity contribution >= 4 is 17.5 Å². The Hall–Kier alpha value is -1.10. The summed E-state index contributed by atoms with van der Waals surface area (Å²) >= 11 is 5.85. The van der Waals surface area contributed by atoms with Crippen molar-refractivity contribution in [3.63, 3.8) is 0 Å². The minimum atomic E-state index is 0.164. The monoisotopic (exact) mass is 281 g/mol. The molecule has 2 rings (SSSR count). The summed E-state index contributed by atoms with van der Waals surface area (Å²) in [5, 5.41) is 4.00. The Bertz CT molecular complexity index is 415. The van der Waals surface area contributed by atoms with Gasteiger partial charge in [-0.3, -0.25) is 9.69 Å². The highest BCUT2D eigenvalue weighted by Gasteiger charge is 2.16. The van der Waals surface area contributed by atoms with Gasteiger partial charge in [-0.2, -0.15) is 0 Å². The third-order valence-electron chi connectivity index (χ3n) is 3.33. The van der Waals surface area contributed by atoms with Gasteiger partial charge in [0, 0.05) is 44.8 Å². The molecule has 1 aliphatic heterocycles. The first-order valence-electron chi connectivity index (χ1n) is 6.56. The van der Waals surface area contributed by atoms with Crippen LogP contribution in [0.4, 0.5) is 0 Å². The standard InChI is InChI=1S/C14H20ClN3O/c1-17(10-12-2-4-13(15)5-3-12)14(19)11-18-8-6-16-7-9-18/h2-5,16H,6-11H2,1H3. The first kappa shape index (κ1) is 14.3. The molecule has 0 atom stereocenters. The Morgan fingerprint density at radius 3 is 2.58 bits per heavy atom. The number of benzene rings is 1. The van der Waals surface area contributed by atoms with Gasteiger partial charge < -0.3 is 10.2 Å². The zero-order valence-electron chi connectivity index (χ0n) is 11.2. The first-order chi connectivity index (χ1) is 9.15. The van der Waals surface area contributed by atoms with E-state index in [0.29, 0.717) is 13.1 Å². The summed E-state index contributed by atoms with van der Waals surface area (Å²) in [5.41, 5.74) is 1.10. The fraction of sp³-hybridized carbons (Fsp3) is 0.500. The van der Waals surface area contributed by atoms with Crippen LogP contribution in [0.3, 0.4) is 0 Å². The lowest BCUT2D eigenvalue weighted by Crippen LogP contribution is -2.47. The van der Waals surface area contributed by atoms with Crippen LogP contribution in [0.5, 0.6) is 0 Å². The smallest absolute Gasteiger partial charge is 0.236 e. The number of amides is 1. The molecule has 0 bridgehead atoms. The van der Waals surface area contributed by atoms with Crippen LogP contribution in [-0.2, 0) is 11.3 Å². The van der Waals surface area contributed by atoms with Crippen molar-refractivity contribution in [2.75, 3.05) is 39.8 Å². The van der Waals surface area contributed by atoms with Crippen molar-refractivity contribution < 1.29 is 4.79 Å². The van der Waals surface area contributed by atoms with Crippen LogP contribution in [0.15, 0.2) is 24.3 Å². The van der Waals surface area contributed by atoms with Crippen LogP contribution < -0.4 is 5.32 Å². The maximum Gasteiger partial charge on any atom is 0.236 e. The molecule has 104 valence electrons. The summed E-state index contributed by atoms with van der Waals surface area (Å²) in [5.74, 6) is 0.164. The van der Waals surface area contributed by atoms with Crippen LogP contribution >= 0.6 is 11.6 Å². The molecule has 1 fully saturated rings. The number of carbonyl (C=O) groups is 1. The van der Waals surface area contributed by atoms with Gasteiger partial charge in [0.1, 0.15) is 0 Å². The predicted octanol–water partition coefficient (Wildman–Crippen LogP) is 1.20. The van der Waals surface area contributed by atoms with Crippen LogP contribution in [0.2, 0.25) is 5.02 Å².